The zero-order chi connectivity index (χ0) is 24.4. The van der Waals surface area contributed by atoms with Crippen LogP contribution < -0.4 is 4.90 Å². The van der Waals surface area contributed by atoms with E-state index in [1.807, 2.05) is 19.9 Å². The number of carbonyl (C=O) groups is 3. The summed E-state index contributed by atoms with van der Waals surface area (Å²) in [6.45, 7) is 4.14. The Morgan fingerprint density at radius 3 is 2.47 bits per heavy atom. The quantitative estimate of drug-likeness (QED) is 0.310. The van der Waals surface area contributed by atoms with Crippen LogP contribution in [0.4, 0.5) is 5.69 Å². The monoisotopic (exact) mass is 474 g/mol. The second-order valence-electron chi connectivity index (χ2n) is 7.81. The molecular weight excluding hydrogens is 452 g/mol. The zero-order valence-electron chi connectivity index (χ0n) is 18.6. The van der Waals surface area contributed by atoms with Crippen LogP contribution in [-0.2, 0) is 9.59 Å². The van der Waals surface area contributed by atoms with Gasteiger partial charge in [0.25, 0.3) is 11.8 Å². The lowest BCUT2D eigenvalue weighted by Gasteiger charge is -2.36. The molecular formula is C26H22N2O5S. The molecule has 0 aliphatic carbocycles. The average Bonchev–Trinajstić information content (AvgIpc) is 3.29. The van der Waals surface area contributed by atoms with Crippen LogP contribution in [0.3, 0.4) is 0 Å². The number of hydrogen-bond donors (Lipinski definition) is 1. The average molecular weight is 475 g/mol. The standard InChI is InChI=1S/C26H22N2O5S/c1-3-13-27-23(29)21(24(30)28(26(27)34)18-7-5-4-6-8-18)15-19-11-12-22(33-19)20-14-17(25(31)32)10-9-16(20)2/h4-12,14-15H,3,13H2,1-2H3,(H,31,32). The maximum absolute atomic E-state index is 13.4. The third-order valence-corrected chi connectivity index (χ3v) is 5.86. The molecule has 0 saturated carbocycles. The number of amides is 2. The van der Waals surface area contributed by atoms with Gasteiger partial charge in [-0.2, -0.15) is 0 Å². The van der Waals surface area contributed by atoms with Gasteiger partial charge in [0.1, 0.15) is 17.1 Å². The number of carboxylic acid groups (broad SMARTS) is 1. The van der Waals surface area contributed by atoms with Crippen LogP contribution in [0.1, 0.15) is 35.0 Å². The van der Waals surface area contributed by atoms with E-state index in [9.17, 15) is 19.5 Å². The van der Waals surface area contributed by atoms with E-state index in [1.165, 1.54) is 28.0 Å². The first kappa shape index (κ1) is 23.1. The molecule has 2 aromatic carbocycles. The predicted molar refractivity (Wildman–Crippen MR) is 132 cm³/mol. The molecule has 8 heteroatoms. The Morgan fingerprint density at radius 2 is 1.79 bits per heavy atom. The maximum Gasteiger partial charge on any atom is 0.335 e. The van der Waals surface area contributed by atoms with Crippen molar-refractivity contribution in [2.45, 2.75) is 20.3 Å². The van der Waals surface area contributed by atoms with Gasteiger partial charge in [-0.15, -0.1) is 0 Å². The highest BCUT2D eigenvalue weighted by atomic mass is 32.1. The summed E-state index contributed by atoms with van der Waals surface area (Å²) < 4.78 is 5.90. The molecule has 1 aliphatic heterocycles. The number of para-hydroxylation sites is 1. The summed E-state index contributed by atoms with van der Waals surface area (Å²) in [5.74, 6) is -1.32. The van der Waals surface area contributed by atoms with Crippen LogP contribution in [0.15, 0.2) is 70.7 Å². The van der Waals surface area contributed by atoms with E-state index in [0.29, 0.717) is 35.7 Å². The number of rotatable bonds is 6. The van der Waals surface area contributed by atoms with Crippen molar-refractivity contribution < 1.29 is 23.9 Å². The molecule has 1 fully saturated rings. The molecule has 7 nitrogen and oxygen atoms in total. The fourth-order valence-corrected chi connectivity index (χ4v) is 4.10. The fraction of sp³-hybridized carbons (Fsp3) is 0.154. The molecule has 1 N–H and O–H groups in total. The van der Waals surface area contributed by atoms with Crippen molar-refractivity contribution in [1.82, 2.24) is 4.90 Å². The molecule has 172 valence electrons. The van der Waals surface area contributed by atoms with Crippen molar-refractivity contribution in [3.8, 4) is 11.3 Å². The minimum Gasteiger partial charge on any atom is -0.478 e. The number of anilines is 1. The summed E-state index contributed by atoms with van der Waals surface area (Å²) >= 11 is 5.49. The summed E-state index contributed by atoms with van der Waals surface area (Å²) in [5, 5.41) is 9.44. The van der Waals surface area contributed by atoms with Crippen LogP contribution in [0, 0.1) is 6.92 Å². The number of furan rings is 1. The topological polar surface area (TPSA) is 91.1 Å². The molecule has 2 amide bonds. The van der Waals surface area contributed by atoms with Crippen molar-refractivity contribution in [2.24, 2.45) is 0 Å². The number of hydrogen-bond acceptors (Lipinski definition) is 5. The van der Waals surface area contributed by atoms with Crippen molar-refractivity contribution in [2.75, 3.05) is 11.4 Å². The highest BCUT2D eigenvalue weighted by molar-refractivity contribution is 7.80. The summed E-state index contributed by atoms with van der Waals surface area (Å²) in [7, 11) is 0. The van der Waals surface area contributed by atoms with Crippen molar-refractivity contribution in [3.63, 3.8) is 0 Å². The van der Waals surface area contributed by atoms with E-state index in [2.05, 4.69) is 0 Å². The van der Waals surface area contributed by atoms with Gasteiger partial charge >= 0.3 is 5.97 Å². The van der Waals surface area contributed by atoms with E-state index in [0.717, 1.165) is 5.56 Å². The van der Waals surface area contributed by atoms with E-state index < -0.39 is 17.8 Å². The molecule has 0 atom stereocenters. The van der Waals surface area contributed by atoms with E-state index in [4.69, 9.17) is 16.6 Å². The minimum absolute atomic E-state index is 0.0668. The zero-order valence-corrected chi connectivity index (χ0v) is 19.5. The molecule has 2 heterocycles. The van der Waals surface area contributed by atoms with E-state index in [-0.39, 0.29) is 16.2 Å². The third-order valence-electron chi connectivity index (χ3n) is 5.46. The molecule has 0 radical (unpaired) electrons. The predicted octanol–water partition coefficient (Wildman–Crippen LogP) is 4.91. The third kappa shape index (κ3) is 4.27. The Kier molecular flexibility index (Phi) is 6.43. The summed E-state index contributed by atoms with van der Waals surface area (Å²) in [4.78, 5) is 40.7. The number of carbonyl (C=O) groups excluding carboxylic acids is 2. The summed E-state index contributed by atoms with van der Waals surface area (Å²) in [6, 6.07) is 17.0. The van der Waals surface area contributed by atoms with Crippen LogP contribution in [0.2, 0.25) is 0 Å². The van der Waals surface area contributed by atoms with Crippen LogP contribution >= 0.6 is 12.2 Å². The first-order chi connectivity index (χ1) is 16.3. The second-order valence-corrected chi connectivity index (χ2v) is 8.18. The van der Waals surface area contributed by atoms with Crippen LogP contribution in [0.5, 0.6) is 0 Å². The Morgan fingerprint density at radius 1 is 1.06 bits per heavy atom. The number of aromatic carboxylic acids is 1. The Labute approximate surface area is 201 Å². The molecule has 1 aromatic heterocycles. The highest BCUT2D eigenvalue weighted by Crippen LogP contribution is 2.30. The lowest BCUT2D eigenvalue weighted by atomic mass is 10.0. The summed E-state index contributed by atoms with van der Waals surface area (Å²) in [5.41, 5.74) is 2.08. The number of nitrogens with zero attached hydrogens (tertiary/aromatic N) is 2. The Hall–Kier alpha value is -4.04. The van der Waals surface area contributed by atoms with Crippen molar-refractivity contribution in [3.05, 3.63) is 83.1 Å². The van der Waals surface area contributed by atoms with Gasteiger partial charge in [-0.25, -0.2) is 4.79 Å². The minimum atomic E-state index is -1.04. The lowest BCUT2D eigenvalue weighted by Crippen LogP contribution is -2.56. The first-order valence-electron chi connectivity index (χ1n) is 10.7. The van der Waals surface area contributed by atoms with Gasteiger partial charge in [-0.3, -0.25) is 19.4 Å². The van der Waals surface area contributed by atoms with E-state index in [1.54, 1.807) is 42.5 Å². The van der Waals surface area contributed by atoms with Crippen LogP contribution in [0.25, 0.3) is 17.4 Å². The van der Waals surface area contributed by atoms with Crippen molar-refractivity contribution >= 4 is 46.9 Å². The molecule has 4 rings (SSSR count). The maximum atomic E-state index is 13.4. The van der Waals surface area contributed by atoms with Crippen molar-refractivity contribution in [1.29, 1.82) is 0 Å². The fourth-order valence-electron chi connectivity index (χ4n) is 3.74. The lowest BCUT2D eigenvalue weighted by molar-refractivity contribution is -0.127. The second kappa shape index (κ2) is 9.44. The number of aryl methyl sites for hydroxylation is 1. The SMILES string of the molecule is CCCN1C(=O)C(=Cc2ccc(-c3cc(C(=O)O)ccc3C)o2)C(=O)N(c2ccccc2)C1=S. The Balaban J connectivity index is 1.75. The van der Waals surface area contributed by atoms with Gasteiger partial charge in [0.15, 0.2) is 5.11 Å². The van der Waals surface area contributed by atoms with Gasteiger partial charge < -0.3 is 9.52 Å². The van der Waals surface area contributed by atoms with Gasteiger partial charge in [-0.05, 0) is 73.6 Å². The number of benzene rings is 2. The Bertz CT molecular complexity index is 1330. The normalized spacial score (nSPS) is 15.4. The largest absolute Gasteiger partial charge is 0.478 e. The van der Waals surface area contributed by atoms with Gasteiger partial charge in [-0.1, -0.05) is 31.2 Å². The molecule has 0 spiro atoms. The molecule has 0 unspecified atom stereocenters. The molecule has 1 aliphatic rings. The molecule has 0 bridgehead atoms. The van der Waals surface area contributed by atoms with Gasteiger partial charge in [0, 0.05) is 12.1 Å². The first-order valence-corrected chi connectivity index (χ1v) is 11.1. The molecule has 34 heavy (non-hydrogen) atoms. The van der Waals surface area contributed by atoms with Crippen LogP contribution in [-0.4, -0.2) is 39.4 Å². The van der Waals surface area contributed by atoms with Gasteiger partial charge in [0.2, 0.25) is 0 Å². The highest BCUT2D eigenvalue weighted by Gasteiger charge is 2.40. The summed E-state index contributed by atoms with van der Waals surface area (Å²) in [6.07, 6.45) is 2.07. The smallest absolute Gasteiger partial charge is 0.335 e. The number of thiocarbonyl (C=S) groups is 1. The number of carboxylic acids is 1. The molecule has 1 saturated heterocycles. The van der Waals surface area contributed by atoms with E-state index >= 15 is 0 Å². The molecule has 3 aromatic rings. The van der Waals surface area contributed by atoms with Gasteiger partial charge in [0.05, 0.1) is 11.3 Å².